The zero-order valence-corrected chi connectivity index (χ0v) is 15.4. The molecule has 2 aromatic rings. The summed E-state index contributed by atoms with van der Waals surface area (Å²) in [6, 6.07) is 18.0. The van der Waals surface area contributed by atoms with Crippen molar-refractivity contribution in [2.45, 2.75) is 31.1 Å². The molecule has 1 N–H and O–H groups in total. The highest BCUT2D eigenvalue weighted by molar-refractivity contribution is 5.89. The minimum Gasteiger partial charge on any atom is -0.316 e. The van der Waals surface area contributed by atoms with E-state index in [0.717, 1.165) is 38.8 Å². The molecule has 4 rings (SSSR count). The molecular weight excluding hydrogens is 314 g/mol. The van der Waals surface area contributed by atoms with Crippen LogP contribution in [0.4, 0.5) is 0 Å². The maximum Gasteiger partial charge on any atom is 0.0283 e. The third-order valence-corrected chi connectivity index (χ3v) is 5.97. The fourth-order valence-corrected chi connectivity index (χ4v) is 4.90. The standard InChI is InChI=1S/C25H27N/c1-3-15-25(16-4-2)22-11-7-5-9-20(22)24(19-13-17-26-18-14-19)21-10-6-8-12-23(21)25/h3-12,26H,1-2,13-18H2. The number of hydrogen-bond donors (Lipinski definition) is 1. The van der Waals surface area contributed by atoms with Gasteiger partial charge in [-0.05, 0) is 66.6 Å². The van der Waals surface area contributed by atoms with Crippen molar-refractivity contribution in [1.29, 1.82) is 0 Å². The van der Waals surface area contributed by atoms with Crippen LogP contribution in [0.1, 0.15) is 47.9 Å². The molecule has 132 valence electrons. The van der Waals surface area contributed by atoms with Crippen molar-refractivity contribution in [1.82, 2.24) is 5.32 Å². The van der Waals surface area contributed by atoms with Crippen LogP contribution in [0.25, 0.3) is 5.57 Å². The second-order valence-electron chi connectivity index (χ2n) is 7.39. The lowest BCUT2D eigenvalue weighted by Crippen LogP contribution is -2.33. The van der Waals surface area contributed by atoms with E-state index in [2.05, 4.69) is 79.2 Å². The van der Waals surface area contributed by atoms with Crippen LogP contribution in [0.3, 0.4) is 0 Å². The zero-order valence-electron chi connectivity index (χ0n) is 15.4. The molecule has 0 bridgehead atoms. The summed E-state index contributed by atoms with van der Waals surface area (Å²) in [4.78, 5) is 0. The Balaban J connectivity index is 2.06. The molecule has 0 aromatic heterocycles. The van der Waals surface area contributed by atoms with Crippen LogP contribution in [-0.4, -0.2) is 13.1 Å². The van der Waals surface area contributed by atoms with Gasteiger partial charge in [-0.2, -0.15) is 0 Å². The van der Waals surface area contributed by atoms with Crippen molar-refractivity contribution < 1.29 is 0 Å². The van der Waals surface area contributed by atoms with Gasteiger partial charge in [-0.1, -0.05) is 66.3 Å². The van der Waals surface area contributed by atoms with E-state index < -0.39 is 0 Å². The quantitative estimate of drug-likeness (QED) is 0.711. The summed E-state index contributed by atoms with van der Waals surface area (Å²) in [5.74, 6) is 0. The smallest absolute Gasteiger partial charge is 0.0283 e. The molecule has 2 aromatic carbocycles. The number of hydrogen-bond acceptors (Lipinski definition) is 1. The highest BCUT2D eigenvalue weighted by Crippen LogP contribution is 2.51. The summed E-state index contributed by atoms with van der Waals surface area (Å²) >= 11 is 0. The highest BCUT2D eigenvalue weighted by Gasteiger charge is 2.40. The molecule has 0 radical (unpaired) electrons. The van der Waals surface area contributed by atoms with Crippen LogP contribution < -0.4 is 5.32 Å². The minimum atomic E-state index is -0.0618. The van der Waals surface area contributed by atoms with Gasteiger partial charge in [0.2, 0.25) is 0 Å². The predicted octanol–water partition coefficient (Wildman–Crippen LogP) is 5.62. The van der Waals surface area contributed by atoms with Gasteiger partial charge in [0.1, 0.15) is 0 Å². The first-order chi connectivity index (χ1) is 12.8. The molecular formula is C25H27N. The van der Waals surface area contributed by atoms with Crippen molar-refractivity contribution in [3.63, 3.8) is 0 Å². The van der Waals surface area contributed by atoms with E-state index in [0.29, 0.717) is 0 Å². The Morgan fingerprint density at radius 3 is 1.81 bits per heavy atom. The van der Waals surface area contributed by atoms with Gasteiger partial charge in [0.05, 0.1) is 0 Å². The van der Waals surface area contributed by atoms with Crippen LogP contribution in [0.2, 0.25) is 0 Å². The lowest BCUT2D eigenvalue weighted by atomic mass is 9.61. The van der Waals surface area contributed by atoms with Gasteiger partial charge in [0, 0.05) is 5.41 Å². The van der Waals surface area contributed by atoms with Crippen LogP contribution in [-0.2, 0) is 5.41 Å². The molecule has 1 fully saturated rings. The van der Waals surface area contributed by atoms with Gasteiger partial charge in [-0.15, -0.1) is 13.2 Å². The summed E-state index contributed by atoms with van der Waals surface area (Å²) in [6.45, 7) is 10.3. The normalized spacial score (nSPS) is 18.0. The second kappa shape index (κ2) is 7.09. The summed E-state index contributed by atoms with van der Waals surface area (Å²) in [5, 5.41) is 3.50. The molecule has 1 aliphatic heterocycles. The number of allylic oxidation sites excluding steroid dienone is 2. The summed E-state index contributed by atoms with van der Waals surface area (Å²) in [6.07, 6.45) is 8.26. The Hall–Kier alpha value is -2.38. The summed E-state index contributed by atoms with van der Waals surface area (Å²) in [5.41, 5.74) is 8.68. The molecule has 26 heavy (non-hydrogen) atoms. The third kappa shape index (κ3) is 2.59. The van der Waals surface area contributed by atoms with E-state index in [-0.39, 0.29) is 5.41 Å². The monoisotopic (exact) mass is 341 g/mol. The Kier molecular flexibility index (Phi) is 4.65. The molecule has 0 saturated carbocycles. The summed E-state index contributed by atoms with van der Waals surface area (Å²) in [7, 11) is 0. The number of piperidine rings is 1. The second-order valence-corrected chi connectivity index (χ2v) is 7.39. The lowest BCUT2D eigenvalue weighted by Gasteiger charge is -2.42. The van der Waals surface area contributed by atoms with E-state index >= 15 is 0 Å². The molecule has 0 unspecified atom stereocenters. The van der Waals surface area contributed by atoms with Gasteiger partial charge < -0.3 is 5.32 Å². The minimum absolute atomic E-state index is 0.0618. The Labute approximate surface area is 157 Å². The Morgan fingerprint density at radius 1 is 0.808 bits per heavy atom. The maximum absolute atomic E-state index is 4.08. The molecule has 1 nitrogen and oxygen atoms in total. The van der Waals surface area contributed by atoms with Crippen molar-refractivity contribution >= 4 is 5.57 Å². The fourth-order valence-electron chi connectivity index (χ4n) is 4.90. The number of benzene rings is 2. The van der Waals surface area contributed by atoms with Crippen LogP contribution in [0.5, 0.6) is 0 Å². The molecule has 0 amide bonds. The largest absolute Gasteiger partial charge is 0.316 e. The molecule has 0 atom stereocenters. The highest BCUT2D eigenvalue weighted by atomic mass is 14.9. The van der Waals surface area contributed by atoms with E-state index in [9.17, 15) is 0 Å². The first kappa shape index (κ1) is 17.1. The van der Waals surface area contributed by atoms with E-state index in [4.69, 9.17) is 0 Å². The Bertz CT molecular complexity index is 802. The number of fused-ring (bicyclic) bond motifs is 2. The topological polar surface area (TPSA) is 12.0 Å². The van der Waals surface area contributed by atoms with Crippen molar-refractivity contribution in [3.8, 4) is 0 Å². The maximum atomic E-state index is 4.08. The molecule has 2 aliphatic rings. The predicted molar refractivity (Wildman–Crippen MR) is 111 cm³/mol. The molecule has 1 heterocycles. The Morgan fingerprint density at radius 2 is 1.31 bits per heavy atom. The van der Waals surface area contributed by atoms with Crippen LogP contribution in [0, 0.1) is 0 Å². The van der Waals surface area contributed by atoms with Gasteiger partial charge in [-0.3, -0.25) is 0 Å². The van der Waals surface area contributed by atoms with Crippen molar-refractivity contribution in [2.24, 2.45) is 0 Å². The average Bonchev–Trinajstić information content (AvgIpc) is 2.69. The van der Waals surface area contributed by atoms with Crippen molar-refractivity contribution in [3.05, 3.63) is 102 Å². The van der Waals surface area contributed by atoms with Crippen LogP contribution >= 0.6 is 0 Å². The first-order valence-electron chi connectivity index (χ1n) is 9.66. The molecule has 1 aliphatic carbocycles. The third-order valence-electron chi connectivity index (χ3n) is 5.97. The van der Waals surface area contributed by atoms with E-state index in [1.165, 1.54) is 27.8 Å². The lowest BCUT2D eigenvalue weighted by molar-refractivity contribution is 0.521. The first-order valence-corrected chi connectivity index (χ1v) is 9.66. The zero-order chi connectivity index (χ0) is 18.0. The fraction of sp³-hybridized carbons (Fsp3) is 0.280. The SMILES string of the molecule is C=CCC1(CC=C)c2ccccc2C(=C2CCNCC2)c2ccccc21. The average molecular weight is 341 g/mol. The molecule has 0 spiro atoms. The van der Waals surface area contributed by atoms with Gasteiger partial charge in [0.15, 0.2) is 0 Å². The van der Waals surface area contributed by atoms with Crippen molar-refractivity contribution in [2.75, 3.05) is 13.1 Å². The van der Waals surface area contributed by atoms with Crippen LogP contribution in [0.15, 0.2) is 79.4 Å². The van der Waals surface area contributed by atoms with E-state index in [1.54, 1.807) is 5.57 Å². The van der Waals surface area contributed by atoms with Gasteiger partial charge in [0.25, 0.3) is 0 Å². The number of rotatable bonds is 4. The van der Waals surface area contributed by atoms with E-state index in [1.807, 2.05) is 0 Å². The van der Waals surface area contributed by atoms with Gasteiger partial charge >= 0.3 is 0 Å². The van der Waals surface area contributed by atoms with Gasteiger partial charge in [-0.25, -0.2) is 0 Å². The molecule has 1 heteroatoms. The summed E-state index contributed by atoms with van der Waals surface area (Å²) < 4.78 is 0. The molecule has 1 saturated heterocycles. The number of nitrogens with one attached hydrogen (secondary N) is 1.